The summed E-state index contributed by atoms with van der Waals surface area (Å²) in [5, 5.41) is 3.43. The molecule has 0 bridgehead atoms. The minimum absolute atomic E-state index is 0.165. The molecular formula is C17H29NO2S. The summed E-state index contributed by atoms with van der Waals surface area (Å²) >= 11 is 0. The van der Waals surface area contributed by atoms with Gasteiger partial charge in [0.05, 0.1) is 11.5 Å². The lowest BCUT2D eigenvalue weighted by molar-refractivity contribution is 0.494. The highest BCUT2D eigenvalue weighted by Crippen LogP contribution is 2.11. The lowest BCUT2D eigenvalue weighted by Crippen LogP contribution is -2.26. The van der Waals surface area contributed by atoms with Crippen molar-refractivity contribution in [2.45, 2.75) is 58.2 Å². The second-order valence-corrected chi connectivity index (χ2v) is 8.12. The maximum atomic E-state index is 12.1. The molecule has 1 aromatic carbocycles. The zero-order chi connectivity index (χ0) is 15.7. The van der Waals surface area contributed by atoms with Gasteiger partial charge in [-0.15, -0.1) is 0 Å². The first-order valence-corrected chi connectivity index (χ1v) is 9.74. The number of unbranched alkanes of at least 4 members (excludes halogenated alkanes) is 1. The zero-order valence-electron chi connectivity index (χ0n) is 13.6. The van der Waals surface area contributed by atoms with Gasteiger partial charge in [-0.05, 0) is 45.2 Å². The fraction of sp³-hybridized carbons (Fsp3) is 0.647. The highest BCUT2D eigenvalue weighted by atomic mass is 32.2. The number of sulfone groups is 1. The van der Waals surface area contributed by atoms with E-state index >= 15 is 0 Å². The normalized spacial score (nSPS) is 13.3. The summed E-state index contributed by atoms with van der Waals surface area (Å²) < 4.78 is 24.2. The molecule has 3 nitrogen and oxygen atoms in total. The molecule has 0 fully saturated rings. The maximum absolute atomic E-state index is 12.1. The van der Waals surface area contributed by atoms with Crippen LogP contribution in [0.15, 0.2) is 24.3 Å². The molecule has 0 saturated heterocycles. The molecule has 1 unspecified atom stereocenters. The van der Waals surface area contributed by atoms with Gasteiger partial charge >= 0.3 is 0 Å². The molecule has 0 aromatic heterocycles. The third-order valence-corrected chi connectivity index (χ3v) is 5.24. The average Bonchev–Trinajstić information content (AvgIpc) is 2.41. The van der Waals surface area contributed by atoms with E-state index < -0.39 is 9.84 Å². The fourth-order valence-corrected chi connectivity index (χ4v) is 3.87. The van der Waals surface area contributed by atoms with Crippen molar-refractivity contribution in [1.82, 2.24) is 5.32 Å². The van der Waals surface area contributed by atoms with Crippen LogP contribution in [0.25, 0.3) is 0 Å². The highest BCUT2D eigenvalue weighted by molar-refractivity contribution is 7.90. The van der Waals surface area contributed by atoms with E-state index in [1.807, 2.05) is 31.2 Å². The number of rotatable bonds is 10. The molecule has 0 heterocycles. The summed E-state index contributed by atoms with van der Waals surface area (Å²) in [4.78, 5) is 0. The molecule has 0 radical (unpaired) electrons. The van der Waals surface area contributed by atoms with Crippen LogP contribution in [-0.2, 0) is 15.6 Å². The Labute approximate surface area is 130 Å². The molecule has 21 heavy (non-hydrogen) atoms. The van der Waals surface area contributed by atoms with Gasteiger partial charge in [0.2, 0.25) is 0 Å². The second kappa shape index (κ2) is 9.21. The van der Waals surface area contributed by atoms with E-state index in [9.17, 15) is 8.42 Å². The molecule has 0 aliphatic carbocycles. The van der Waals surface area contributed by atoms with E-state index in [0.717, 1.165) is 43.4 Å². The van der Waals surface area contributed by atoms with Crippen molar-refractivity contribution in [3.8, 4) is 0 Å². The molecule has 0 aliphatic heterocycles. The summed E-state index contributed by atoms with van der Waals surface area (Å²) in [5.74, 6) is 0.458. The van der Waals surface area contributed by atoms with Gasteiger partial charge in [0, 0.05) is 6.04 Å². The van der Waals surface area contributed by atoms with Crippen LogP contribution in [0.5, 0.6) is 0 Å². The molecule has 0 aliphatic rings. The third kappa shape index (κ3) is 8.22. The summed E-state index contributed by atoms with van der Waals surface area (Å²) in [6, 6.07) is 8.22. The van der Waals surface area contributed by atoms with Gasteiger partial charge < -0.3 is 5.32 Å². The van der Waals surface area contributed by atoms with E-state index in [0.29, 0.717) is 11.8 Å². The Balaban J connectivity index is 2.30. The smallest absolute Gasteiger partial charge is 0.154 e. The van der Waals surface area contributed by atoms with Crippen LogP contribution in [0, 0.1) is 6.92 Å². The highest BCUT2D eigenvalue weighted by Gasteiger charge is 2.12. The summed E-state index contributed by atoms with van der Waals surface area (Å²) in [5.41, 5.74) is 2.01. The van der Waals surface area contributed by atoms with Crippen molar-refractivity contribution in [1.29, 1.82) is 0 Å². The molecule has 1 atom stereocenters. The molecule has 0 saturated carbocycles. The molecule has 0 amide bonds. The van der Waals surface area contributed by atoms with Crippen LogP contribution in [0.3, 0.4) is 0 Å². The van der Waals surface area contributed by atoms with Gasteiger partial charge in [0.25, 0.3) is 0 Å². The standard InChI is InChI=1S/C17H29NO2S/c1-4-11-18-16(3)9-5-6-12-21(19,20)14-17-10-7-8-15(2)13-17/h7-8,10,13,16,18H,4-6,9,11-12,14H2,1-3H3. The Morgan fingerprint density at radius 3 is 2.67 bits per heavy atom. The molecule has 1 aromatic rings. The van der Waals surface area contributed by atoms with Crippen molar-refractivity contribution in [3.63, 3.8) is 0 Å². The second-order valence-electron chi connectivity index (χ2n) is 5.93. The van der Waals surface area contributed by atoms with Crippen LogP contribution < -0.4 is 5.32 Å². The topological polar surface area (TPSA) is 46.2 Å². The van der Waals surface area contributed by atoms with Crippen LogP contribution in [0.2, 0.25) is 0 Å². The van der Waals surface area contributed by atoms with Gasteiger partial charge in [0.15, 0.2) is 9.84 Å². The number of nitrogens with one attached hydrogen (secondary N) is 1. The van der Waals surface area contributed by atoms with E-state index in [4.69, 9.17) is 0 Å². The summed E-state index contributed by atoms with van der Waals surface area (Å²) in [6.07, 6.45) is 3.90. The number of hydrogen-bond acceptors (Lipinski definition) is 3. The van der Waals surface area contributed by atoms with Gasteiger partial charge in [-0.25, -0.2) is 8.42 Å². The zero-order valence-corrected chi connectivity index (χ0v) is 14.4. The molecule has 4 heteroatoms. The van der Waals surface area contributed by atoms with Crippen LogP contribution in [0.1, 0.15) is 50.7 Å². The number of hydrogen-bond donors (Lipinski definition) is 1. The minimum atomic E-state index is -2.99. The molecule has 0 spiro atoms. The molecule has 1 rings (SSSR count). The Kier molecular flexibility index (Phi) is 7.97. The van der Waals surface area contributed by atoms with E-state index in [-0.39, 0.29) is 5.75 Å². The number of aryl methyl sites for hydroxylation is 1. The van der Waals surface area contributed by atoms with E-state index in [1.54, 1.807) is 0 Å². The Hall–Kier alpha value is -0.870. The van der Waals surface area contributed by atoms with Crippen LogP contribution in [0.4, 0.5) is 0 Å². The van der Waals surface area contributed by atoms with Crippen molar-refractivity contribution in [2.24, 2.45) is 0 Å². The van der Waals surface area contributed by atoms with Crippen LogP contribution in [-0.4, -0.2) is 26.8 Å². The largest absolute Gasteiger partial charge is 0.314 e. The summed E-state index contributed by atoms with van der Waals surface area (Å²) in [6.45, 7) is 7.34. The van der Waals surface area contributed by atoms with Crippen molar-refractivity contribution in [3.05, 3.63) is 35.4 Å². The van der Waals surface area contributed by atoms with Crippen molar-refractivity contribution >= 4 is 9.84 Å². The maximum Gasteiger partial charge on any atom is 0.154 e. The average molecular weight is 311 g/mol. The summed E-state index contributed by atoms with van der Waals surface area (Å²) in [7, 11) is -2.99. The Morgan fingerprint density at radius 2 is 2.00 bits per heavy atom. The monoisotopic (exact) mass is 311 g/mol. The predicted octanol–water partition coefficient (Wildman–Crippen LogP) is 3.47. The predicted molar refractivity (Wildman–Crippen MR) is 90.3 cm³/mol. The molecule has 120 valence electrons. The van der Waals surface area contributed by atoms with E-state index in [2.05, 4.69) is 19.2 Å². The third-order valence-electron chi connectivity index (χ3n) is 3.55. The molecule has 1 N–H and O–H groups in total. The van der Waals surface area contributed by atoms with Gasteiger partial charge in [-0.3, -0.25) is 0 Å². The van der Waals surface area contributed by atoms with Gasteiger partial charge in [-0.1, -0.05) is 43.2 Å². The lowest BCUT2D eigenvalue weighted by atomic mass is 10.1. The first-order valence-electron chi connectivity index (χ1n) is 7.92. The van der Waals surface area contributed by atoms with Crippen molar-refractivity contribution in [2.75, 3.05) is 12.3 Å². The van der Waals surface area contributed by atoms with Gasteiger partial charge in [-0.2, -0.15) is 0 Å². The lowest BCUT2D eigenvalue weighted by Gasteiger charge is -2.12. The van der Waals surface area contributed by atoms with Crippen molar-refractivity contribution < 1.29 is 8.42 Å². The molecular weight excluding hydrogens is 282 g/mol. The van der Waals surface area contributed by atoms with E-state index in [1.165, 1.54) is 0 Å². The minimum Gasteiger partial charge on any atom is -0.314 e. The fourth-order valence-electron chi connectivity index (χ4n) is 2.39. The quantitative estimate of drug-likeness (QED) is 0.673. The van der Waals surface area contributed by atoms with Crippen LogP contribution >= 0.6 is 0 Å². The Bertz CT molecular complexity index is 511. The SMILES string of the molecule is CCCNC(C)CCCCS(=O)(=O)Cc1cccc(C)c1. The first-order chi connectivity index (χ1) is 9.93. The first kappa shape index (κ1) is 18.2. The van der Waals surface area contributed by atoms with Gasteiger partial charge in [0.1, 0.15) is 0 Å². The number of benzene rings is 1. The Morgan fingerprint density at radius 1 is 1.24 bits per heavy atom.